The number of H-pyrrole nitrogens is 1. The highest BCUT2D eigenvalue weighted by molar-refractivity contribution is 5.72. The molecule has 1 heterocycles. The predicted octanol–water partition coefficient (Wildman–Crippen LogP) is 1.24. The van der Waals surface area contributed by atoms with Gasteiger partial charge in [-0.15, -0.1) is 0 Å². The molecule has 0 fully saturated rings. The van der Waals surface area contributed by atoms with Gasteiger partial charge in [0.2, 0.25) is 0 Å². The van der Waals surface area contributed by atoms with Gasteiger partial charge < -0.3 is 15.6 Å². The number of nitriles is 1. The molecule has 0 radical (unpaired) electrons. The van der Waals surface area contributed by atoms with Crippen molar-refractivity contribution in [3.05, 3.63) is 23.8 Å². The van der Waals surface area contributed by atoms with Crippen LogP contribution in [-0.4, -0.2) is 22.4 Å². The lowest BCUT2D eigenvalue weighted by molar-refractivity contribution is 0.407. The van der Waals surface area contributed by atoms with Crippen molar-refractivity contribution in [1.29, 1.82) is 5.26 Å². The van der Waals surface area contributed by atoms with Gasteiger partial charge in [-0.25, -0.2) is 0 Å². The van der Waals surface area contributed by atoms with Crippen LogP contribution in [0.3, 0.4) is 0 Å². The fourth-order valence-corrected chi connectivity index (χ4v) is 1.52. The summed E-state index contributed by atoms with van der Waals surface area (Å²) in [5.41, 5.74) is 6.80. The van der Waals surface area contributed by atoms with Gasteiger partial charge in [0.1, 0.15) is 23.4 Å². The Hall–Kier alpha value is -2.68. The highest BCUT2D eigenvalue weighted by atomic mass is 16.5. The van der Waals surface area contributed by atoms with Crippen molar-refractivity contribution in [1.82, 2.24) is 10.2 Å². The minimum atomic E-state index is -0.00972. The van der Waals surface area contributed by atoms with Gasteiger partial charge in [0.25, 0.3) is 0 Å². The Balaban J connectivity index is 2.60. The number of methoxy groups -OCH3 is 1. The van der Waals surface area contributed by atoms with Crippen LogP contribution in [0.1, 0.15) is 5.56 Å². The lowest BCUT2D eigenvalue weighted by Crippen LogP contribution is -1.90. The fourth-order valence-electron chi connectivity index (χ4n) is 1.52. The minimum Gasteiger partial charge on any atom is -0.507 e. The first-order valence-corrected chi connectivity index (χ1v) is 4.78. The van der Waals surface area contributed by atoms with E-state index >= 15 is 0 Å². The summed E-state index contributed by atoms with van der Waals surface area (Å²) >= 11 is 0. The molecule has 6 nitrogen and oxygen atoms in total. The van der Waals surface area contributed by atoms with Crippen molar-refractivity contribution in [2.75, 3.05) is 12.8 Å². The van der Waals surface area contributed by atoms with Crippen LogP contribution in [0.15, 0.2) is 18.2 Å². The summed E-state index contributed by atoms with van der Waals surface area (Å²) in [4.78, 5) is 0. The van der Waals surface area contributed by atoms with E-state index in [9.17, 15) is 5.11 Å². The van der Waals surface area contributed by atoms with Crippen LogP contribution in [0.2, 0.25) is 0 Å². The van der Waals surface area contributed by atoms with Crippen LogP contribution < -0.4 is 10.5 Å². The minimum absolute atomic E-state index is 0.00972. The fraction of sp³-hybridized carbons (Fsp3) is 0.0909. The molecule has 0 atom stereocenters. The summed E-state index contributed by atoms with van der Waals surface area (Å²) in [7, 11) is 1.43. The molecule has 0 spiro atoms. The highest BCUT2D eigenvalue weighted by Gasteiger charge is 2.12. The van der Waals surface area contributed by atoms with Crippen LogP contribution in [0.25, 0.3) is 11.3 Å². The summed E-state index contributed by atoms with van der Waals surface area (Å²) < 4.78 is 4.98. The Kier molecular flexibility index (Phi) is 2.58. The Morgan fingerprint density at radius 3 is 2.76 bits per heavy atom. The molecule has 2 rings (SSSR count). The van der Waals surface area contributed by atoms with Crippen LogP contribution in [0.4, 0.5) is 5.82 Å². The van der Waals surface area contributed by atoms with Gasteiger partial charge in [0, 0.05) is 17.7 Å². The van der Waals surface area contributed by atoms with Gasteiger partial charge >= 0.3 is 0 Å². The average molecular weight is 230 g/mol. The number of aromatic nitrogens is 2. The normalized spacial score (nSPS) is 9.88. The molecule has 0 saturated heterocycles. The monoisotopic (exact) mass is 230 g/mol. The smallest absolute Gasteiger partial charge is 0.145 e. The van der Waals surface area contributed by atoms with Gasteiger partial charge in [-0.05, 0) is 6.07 Å². The molecular weight excluding hydrogens is 220 g/mol. The van der Waals surface area contributed by atoms with E-state index in [1.54, 1.807) is 6.07 Å². The zero-order valence-corrected chi connectivity index (χ0v) is 9.06. The van der Waals surface area contributed by atoms with Crippen molar-refractivity contribution in [3.63, 3.8) is 0 Å². The van der Waals surface area contributed by atoms with E-state index in [0.717, 1.165) is 0 Å². The lowest BCUT2D eigenvalue weighted by Gasteiger charge is -2.07. The molecule has 0 bridgehead atoms. The molecule has 17 heavy (non-hydrogen) atoms. The molecule has 1 aromatic heterocycles. The van der Waals surface area contributed by atoms with Crippen LogP contribution in [0.5, 0.6) is 11.5 Å². The van der Waals surface area contributed by atoms with Crippen molar-refractivity contribution in [2.45, 2.75) is 0 Å². The largest absolute Gasteiger partial charge is 0.507 e. The number of ether oxygens (including phenoxy) is 1. The SMILES string of the molecule is COc1cc(O)c(-c2cc(N)n[nH]2)cc1C#N. The Bertz CT molecular complexity index is 598. The third kappa shape index (κ3) is 1.86. The number of nitrogens with zero attached hydrogens (tertiary/aromatic N) is 2. The molecule has 0 aliphatic heterocycles. The average Bonchev–Trinajstić information content (AvgIpc) is 2.75. The molecule has 86 valence electrons. The maximum Gasteiger partial charge on any atom is 0.145 e. The number of nitrogens with one attached hydrogen (secondary N) is 1. The number of anilines is 1. The van der Waals surface area contributed by atoms with Crippen LogP contribution in [0, 0.1) is 11.3 Å². The van der Waals surface area contributed by atoms with E-state index < -0.39 is 0 Å². The van der Waals surface area contributed by atoms with E-state index in [1.165, 1.54) is 19.2 Å². The second-order valence-corrected chi connectivity index (χ2v) is 3.39. The first-order valence-electron chi connectivity index (χ1n) is 4.78. The molecule has 0 unspecified atom stereocenters. The molecule has 0 aliphatic carbocycles. The molecule has 1 aromatic carbocycles. The number of phenols is 1. The van der Waals surface area contributed by atoms with E-state index in [-0.39, 0.29) is 5.75 Å². The quantitative estimate of drug-likeness (QED) is 0.719. The van der Waals surface area contributed by atoms with Crippen LogP contribution >= 0.6 is 0 Å². The van der Waals surface area contributed by atoms with E-state index in [4.69, 9.17) is 15.7 Å². The summed E-state index contributed by atoms with van der Waals surface area (Å²) in [6.45, 7) is 0. The maximum atomic E-state index is 9.83. The third-order valence-corrected chi connectivity index (χ3v) is 2.33. The lowest BCUT2D eigenvalue weighted by atomic mass is 10.1. The number of benzene rings is 1. The summed E-state index contributed by atoms with van der Waals surface area (Å²) in [5, 5.41) is 25.2. The third-order valence-electron chi connectivity index (χ3n) is 2.33. The number of hydrogen-bond donors (Lipinski definition) is 3. The van der Waals surface area contributed by atoms with Gasteiger partial charge in [0.05, 0.1) is 18.4 Å². The van der Waals surface area contributed by atoms with Gasteiger partial charge in [-0.3, -0.25) is 5.10 Å². The first-order chi connectivity index (χ1) is 8.15. The molecule has 0 saturated carbocycles. The number of aromatic amines is 1. The van der Waals surface area contributed by atoms with Gasteiger partial charge in [-0.2, -0.15) is 10.4 Å². The summed E-state index contributed by atoms with van der Waals surface area (Å²) in [6.07, 6.45) is 0. The predicted molar refractivity (Wildman–Crippen MR) is 61.4 cm³/mol. The van der Waals surface area contributed by atoms with E-state index in [1.807, 2.05) is 6.07 Å². The van der Waals surface area contributed by atoms with Gasteiger partial charge in [-0.1, -0.05) is 0 Å². The topological polar surface area (TPSA) is 108 Å². The van der Waals surface area contributed by atoms with Crippen LogP contribution in [-0.2, 0) is 0 Å². The second-order valence-electron chi connectivity index (χ2n) is 3.39. The van der Waals surface area contributed by atoms with E-state index in [2.05, 4.69) is 10.2 Å². The number of rotatable bonds is 2. The van der Waals surface area contributed by atoms with Crippen molar-refractivity contribution in [2.24, 2.45) is 0 Å². The first kappa shape index (κ1) is 10.8. The van der Waals surface area contributed by atoms with Crippen molar-refractivity contribution >= 4 is 5.82 Å². The van der Waals surface area contributed by atoms with E-state index in [0.29, 0.717) is 28.4 Å². The number of hydrogen-bond acceptors (Lipinski definition) is 5. The standard InChI is InChI=1S/C11H10N4O2/c1-17-10-4-9(16)7(2-6(10)5-12)8-3-11(13)15-14-8/h2-4,16H,1H3,(H3,13,14,15). The molecule has 4 N–H and O–H groups in total. The highest BCUT2D eigenvalue weighted by Crippen LogP contribution is 2.34. The molecule has 6 heteroatoms. The number of nitrogen functional groups attached to an aromatic ring is 1. The maximum absolute atomic E-state index is 9.83. The second kappa shape index (κ2) is 4.06. The Morgan fingerprint density at radius 2 is 2.24 bits per heavy atom. The molecular formula is C11H10N4O2. The molecule has 0 amide bonds. The number of aromatic hydroxyl groups is 1. The van der Waals surface area contributed by atoms with Crippen molar-refractivity contribution < 1.29 is 9.84 Å². The zero-order chi connectivity index (χ0) is 12.4. The number of nitrogens with two attached hydrogens (primary N) is 1. The van der Waals surface area contributed by atoms with Crippen molar-refractivity contribution in [3.8, 4) is 28.8 Å². The van der Waals surface area contributed by atoms with Gasteiger partial charge in [0.15, 0.2) is 0 Å². The summed E-state index contributed by atoms with van der Waals surface area (Å²) in [6, 6.07) is 6.46. The molecule has 2 aromatic rings. The Morgan fingerprint density at radius 1 is 1.47 bits per heavy atom. The number of phenolic OH excluding ortho intramolecular Hbond substituents is 1. The summed E-state index contributed by atoms with van der Waals surface area (Å²) in [5.74, 6) is 0.625. The zero-order valence-electron chi connectivity index (χ0n) is 9.06. The molecule has 0 aliphatic rings. The Labute approximate surface area is 97.3 Å².